The Morgan fingerprint density at radius 3 is 1.64 bits per heavy atom. The summed E-state index contributed by atoms with van der Waals surface area (Å²) >= 11 is 0. The first-order chi connectivity index (χ1) is 12.5. The van der Waals surface area contributed by atoms with Crippen molar-refractivity contribution >= 4 is 17.9 Å². The van der Waals surface area contributed by atoms with E-state index >= 15 is 0 Å². The molecule has 0 spiro atoms. The molecule has 0 aliphatic carbocycles. The van der Waals surface area contributed by atoms with Gasteiger partial charge < -0.3 is 15.7 Å². The number of nitrogens with one attached hydrogen (secondary N) is 2. The molecule has 156 valence electrons. The number of aliphatic carboxylic acids is 1. The van der Waals surface area contributed by atoms with Gasteiger partial charge in [0.2, 0.25) is 17.7 Å². The van der Waals surface area contributed by atoms with Crippen molar-refractivity contribution in [1.82, 2.24) is 15.0 Å². The van der Waals surface area contributed by atoms with Crippen LogP contribution in [-0.2, 0) is 4.79 Å². The number of nitrogens with zero attached hydrogens (tertiary/aromatic N) is 3. The van der Waals surface area contributed by atoms with Gasteiger partial charge in [-0.3, -0.25) is 4.79 Å². The largest absolute Gasteiger partial charge is 0.480 e. The van der Waals surface area contributed by atoms with Crippen molar-refractivity contribution in [3.63, 3.8) is 0 Å². The second-order valence-electron chi connectivity index (χ2n) is 6.30. The molecule has 3 N–H and O–H groups in total. The number of hydrogen-bond donors (Lipinski definition) is 3. The highest BCUT2D eigenvalue weighted by Gasteiger charge is 2.38. The summed E-state index contributed by atoms with van der Waals surface area (Å²) in [6.07, 6.45) is -9.34. The molecule has 13 heteroatoms. The standard InChI is InChI=1S/C15H17F6N5O2/c1-7(14(16,17)18)22-11-24-9(5-6-13(3,4)10(27)28)25-12(26-11)23-8(2)15(19,20)21/h7-8H,1-4H3,(H,27,28)(H2,22,23,24,25,26)/t7-,8-/m1/s1. The van der Waals surface area contributed by atoms with E-state index in [1.807, 2.05) is 10.6 Å². The first-order valence-corrected chi connectivity index (χ1v) is 7.71. The number of halogens is 6. The molecule has 0 radical (unpaired) electrons. The summed E-state index contributed by atoms with van der Waals surface area (Å²) in [7, 11) is 0. The fourth-order valence-electron chi connectivity index (χ4n) is 1.38. The number of alkyl halides is 6. The van der Waals surface area contributed by atoms with Gasteiger partial charge in [-0.25, -0.2) is 0 Å². The van der Waals surface area contributed by atoms with Gasteiger partial charge in [-0.05, 0) is 33.6 Å². The van der Waals surface area contributed by atoms with E-state index in [-0.39, 0.29) is 0 Å². The van der Waals surface area contributed by atoms with Crippen LogP contribution in [0.3, 0.4) is 0 Å². The molecule has 28 heavy (non-hydrogen) atoms. The van der Waals surface area contributed by atoms with Crippen molar-refractivity contribution in [2.75, 3.05) is 10.6 Å². The minimum atomic E-state index is -4.67. The average Bonchev–Trinajstić information content (AvgIpc) is 2.50. The highest BCUT2D eigenvalue weighted by Crippen LogP contribution is 2.24. The van der Waals surface area contributed by atoms with Gasteiger partial charge in [0.15, 0.2) is 0 Å². The average molecular weight is 413 g/mol. The minimum Gasteiger partial charge on any atom is -0.480 e. The Morgan fingerprint density at radius 2 is 1.32 bits per heavy atom. The van der Waals surface area contributed by atoms with Gasteiger partial charge in [-0.2, -0.15) is 41.3 Å². The molecule has 1 aromatic rings. The van der Waals surface area contributed by atoms with Crippen LogP contribution in [0.4, 0.5) is 38.2 Å². The van der Waals surface area contributed by atoms with Crippen molar-refractivity contribution in [2.24, 2.45) is 5.41 Å². The molecule has 1 aromatic heterocycles. The molecule has 0 unspecified atom stereocenters. The second-order valence-corrected chi connectivity index (χ2v) is 6.30. The summed E-state index contributed by atoms with van der Waals surface area (Å²) in [6, 6.07) is -4.22. The predicted molar refractivity (Wildman–Crippen MR) is 86.4 cm³/mol. The lowest BCUT2D eigenvalue weighted by Gasteiger charge is -2.19. The van der Waals surface area contributed by atoms with Crippen LogP contribution in [-0.4, -0.2) is 50.5 Å². The summed E-state index contributed by atoms with van der Waals surface area (Å²) in [5, 5.41) is 12.8. The number of anilines is 2. The number of carboxylic acid groups (broad SMARTS) is 1. The number of aromatic nitrogens is 3. The Kier molecular flexibility index (Phi) is 6.71. The summed E-state index contributed by atoms with van der Waals surface area (Å²) < 4.78 is 76.2. The molecule has 2 atom stereocenters. The quantitative estimate of drug-likeness (QED) is 0.504. The third kappa shape index (κ3) is 6.75. The van der Waals surface area contributed by atoms with Crippen LogP contribution in [0.25, 0.3) is 0 Å². The first-order valence-electron chi connectivity index (χ1n) is 7.71. The molecule has 1 heterocycles. The van der Waals surface area contributed by atoms with E-state index in [2.05, 4.69) is 26.8 Å². The number of rotatable bonds is 5. The van der Waals surface area contributed by atoms with E-state index in [1.54, 1.807) is 0 Å². The lowest BCUT2D eigenvalue weighted by Crippen LogP contribution is -2.35. The molecule has 0 aliphatic rings. The van der Waals surface area contributed by atoms with E-state index in [0.717, 1.165) is 13.8 Å². The van der Waals surface area contributed by atoms with Crippen molar-refractivity contribution in [3.8, 4) is 11.8 Å². The van der Waals surface area contributed by atoms with Crippen molar-refractivity contribution in [2.45, 2.75) is 52.1 Å². The summed E-state index contributed by atoms with van der Waals surface area (Å²) in [5.74, 6) is 1.39. The molecular formula is C15H17F6N5O2. The van der Waals surface area contributed by atoms with Gasteiger partial charge in [0, 0.05) is 0 Å². The van der Waals surface area contributed by atoms with Crippen LogP contribution in [0, 0.1) is 17.3 Å². The molecule has 0 fully saturated rings. The van der Waals surface area contributed by atoms with Crippen molar-refractivity contribution < 1.29 is 36.2 Å². The van der Waals surface area contributed by atoms with Crippen molar-refractivity contribution in [1.29, 1.82) is 0 Å². The molecule has 0 saturated heterocycles. The maximum absolute atomic E-state index is 12.7. The Hall–Kier alpha value is -2.78. The maximum atomic E-state index is 12.7. The van der Waals surface area contributed by atoms with E-state index in [0.29, 0.717) is 0 Å². The third-order valence-electron chi connectivity index (χ3n) is 3.33. The monoisotopic (exact) mass is 413 g/mol. The lowest BCUT2D eigenvalue weighted by atomic mass is 9.95. The van der Waals surface area contributed by atoms with Gasteiger partial charge in [0.25, 0.3) is 0 Å². The van der Waals surface area contributed by atoms with Gasteiger partial charge in [0.1, 0.15) is 17.5 Å². The summed E-state index contributed by atoms with van der Waals surface area (Å²) in [4.78, 5) is 21.7. The summed E-state index contributed by atoms with van der Waals surface area (Å²) in [5.41, 5.74) is -1.55. The zero-order valence-corrected chi connectivity index (χ0v) is 15.1. The fourth-order valence-corrected chi connectivity index (χ4v) is 1.38. The molecule has 0 aliphatic heterocycles. The maximum Gasteiger partial charge on any atom is 0.408 e. The van der Waals surface area contributed by atoms with Crippen LogP contribution in [0.2, 0.25) is 0 Å². The summed E-state index contributed by atoms with van der Waals surface area (Å²) in [6.45, 7) is 4.01. The Bertz CT molecular complexity index is 742. The molecule has 0 amide bonds. The van der Waals surface area contributed by atoms with Gasteiger partial charge in [0.05, 0.1) is 0 Å². The van der Waals surface area contributed by atoms with Crippen LogP contribution < -0.4 is 10.6 Å². The SMILES string of the molecule is C[C@@H](Nc1nc(C#CC(C)(C)C(=O)O)nc(N[C@H](C)C(F)(F)F)n1)C(F)(F)F. The van der Waals surface area contributed by atoms with Crippen LogP contribution in [0.5, 0.6) is 0 Å². The van der Waals surface area contributed by atoms with Crippen LogP contribution in [0.15, 0.2) is 0 Å². The molecule has 1 rings (SSSR count). The van der Waals surface area contributed by atoms with E-state index < -0.39 is 53.5 Å². The van der Waals surface area contributed by atoms with Crippen molar-refractivity contribution in [3.05, 3.63) is 5.82 Å². The third-order valence-corrected chi connectivity index (χ3v) is 3.33. The normalized spacial score (nSPS) is 14.5. The van der Waals surface area contributed by atoms with Gasteiger partial charge in [-0.15, -0.1) is 0 Å². The molecule has 0 saturated carbocycles. The highest BCUT2D eigenvalue weighted by molar-refractivity contribution is 5.77. The number of carbonyl (C=O) groups is 1. The second kappa shape index (κ2) is 8.07. The Balaban J connectivity index is 3.31. The topological polar surface area (TPSA) is 100 Å². The Labute approximate surface area is 156 Å². The highest BCUT2D eigenvalue weighted by atomic mass is 19.4. The molecule has 7 nitrogen and oxygen atoms in total. The van der Waals surface area contributed by atoms with E-state index in [1.165, 1.54) is 13.8 Å². The Morgan fingerprint density at radius 1 is 0.929 bits per heavy atom. The zero-order chi connectivity index (χ0) is 21.9. The molecule has 0 bridgehead atoms. The number of carboxylic acids is 1. The zero-order valence-electron chi connectivity index (χ0n) is 15.1. The van der Waals surface area contributed by atoms with E-state index in [4.69, 9.17) is 5.11 Å². The predicted octanol–water partition coefficient (Wildman–Crippen LogP) is 3.06. The van der Waals surface area contributed by atoms with Gasteiger partial charge >= 0.3 is 18.3 Å². The molecular weight excluding hydrogens is 396 g/mol. The lowest BCUT2D eigenvalue weighted by molar-refractivity contribution is -0.144. The van der Waals surface area contributed by atoms with Gasteiger partial charge in [-0.1, -0.05) is 5.92 Å². The fraction of sp³-hybridized carbons (Fsp3) is 0.600. The van der Waals surface area contributed by atoms with Crippen LogP contribution >= 0.6 is 0 Å². The first kappa shape index (κ1) is 23.3. The van der Waals surface area contributed by atoms with E-state index in [9.17, 15) is 31.1 Å². The van der Waals surface area contributed by atoms with Crippen LogP contribution in [0.1, 0.15) is 33.5 Å². The number of hydrogen-bond acceptors (Lipinski definition) is 6. The molecule has 0 aromatic carbocycles. The minimum absolute atomic E-state index is 0.502. The smallest absolute Gasteiger partial charge is 0.408 e.